The van der Waals surface area contributed by atoms with E-state index in [0.29, 0.717) is 22.8 Å². The van der Waals surface area contributed by atoms with E-state index in [0.717, 1.165) is 16.5 Å². The summed E-state index contributed by atoms with van der Waals surface area (Å²) in [6.07, 6.45) is 1.53. The van der Waals surface area contributed by atoms with Crippen molar-refractivity contribution in [3.63, 3.8) is 0 Å². The fourth-order valence-electron chi connectivity index (χ4n) is 3.08. The zero-order chi connectivity index (χ0) is 20.2. The molecule has 4 aromatic rings. The Bertz CT molecular complexity index is 1180. The number of carbonyl (C=O) groups excluding carboxylic acids is 1. The maximum absolute atomic E-state index is 13.1. The molecule has 0 aliphatic heterocycles. The number of nitrogens with one attached hydrogen (secondary N) is 2. The van der Waals surface area contributed by atoms with Gasteiger partial charge in [-0.25, -0.2) is 9.37 Å². The van der Waals surface area contributed by atoms with Crippen LogP contribution in [0.25, 0.3) is 10.8 Å². The minimum atomic E-state index is -0.359. The Morgan fingerprint density at radius 2 is 1.62 bits per heavy atom. The molecule has 144 valence electrons. The molecule has 1 heterocycles. The van der Waals surface area contributed by atoms with E-state index in [1.165, 1.54) is 30.5 Å². The molecule has 6 heteroatoms. The number of hydrogen-bond acceptors (Lipinski definition) is 4. The van der Waals surface area contributed by atoms with Crippen LogP contribution >= 0.6 is 0 Å². The lowest BCUT2D eigenvalue weighted by Crippen LogP contribution is -2.13. The third-order valence-electron chi connectivity index (χ3n) is 4.50. The minimum absolute atomic E-state index is 0.316. The molecule has 0 saturated carbocycles. The van der Waals surface area contributed by atoms with Crippen LogP contribution in [-0.2, 0) is 0 Å². The average molecular weight is 387 g/mol. The molecule has 0 unspecified atom stereocenters. The van der Waals surface area contributed by atoms with Crippen LogP contribution in [-0.4, -0.2) is 18.0 Å². The molecule has 1 aromatic heterocycles. The highest BCUT2D eigenvalue weighted by Gasteiger charge is 2.15. The van der Waals surface area contributed by atoms with Gasteiger partial charge in [0.2, 0.25) is 0 Å². The van der Waals surface area contributed by atoms with E-state index in [1.54, 1.807) is 7.11 Å². The largest absolute Gasteiger partial charge is 0.495 e. The highest BCUT2D eigenvalue weighted by molar-refractivity contribution is 6.14. The van der Waals surface area contributed by atoms with Gasteiger partial charge in [-0.3, -0.25) is 4.79 Å². The van der Waals surface area contributed by atoms with Crippen LogP contribution in [0.5, 0.6) is 5.75 Å². The first kappa shape index (κ1) is 18.4. The quantitative estimate of drug-likeness (QED) is 0.483. The van der Waals surface area contributed by atoms with Gasteiger partial charge in [-0.2, -0.15) is 0 Å². The maximum atomic E-state index is 13.1. The highest BCUT2D eigenvalue weighted by atomic mass is 19.1. The Hall–Kier alpha value is -3.93. The van der Waals surface area contributed by atoms with Crippen molar-refractivity contribution < 1.29 is 13.9 Å². The summed E-state index contributed by atoms with van der Waals surface area (Å²) < 4.78 is 18.5. The first-order valence-corrected chi connectivity index (χ1v) is 9.00. The molecule has 0 bridgehead atoms. The summed E-state index contributed by atoms with van der Waals surface area (Å²) >= 11 is 0. The van der Waals surface area contributed by atoms with Gasteiger partial charge in [0.15, 0.2) is 0 Å². The fourth-order valence-corrected chi connectivity index (χ4v) is 3.08. The second-order valence-electron chi connectivity index (χ2n) is 6.35. The molecule has 0 aliphatic rings. The number of benzene rings is 3. The molecule has 5 nitrogen and oxygen atoms in total. The van der Waals surface area contributed by atoms with Gasteiger partial charge in [0.25, 0.3) is 5.91 Å². The summed E-state index contributed by atoms with van der Waals surface area (Å²) in [5.41, 5.74) is 1.71. The van der Waals surface area contributed by atoms with Gasteiger partial charge in [-0.15, -0.1) is 0 Å². The Balaban J connectivity index is 1.70. The normalized spacial score (nSPS) is 10.6. The van der Waals surface area contributed by atoms with Crippen LogP contribution in [0.15, 0.2) is 79.0 Å². The van der Waals surface area contributed by atoms with E-state index in [2.05, 4.69) is 15.6 Å². The Morgan fingerprint density at radius 3 is 2.38 bits per heavy atom. The van der Waals surface area contributed by atoms with Crippen LogP contribution in [0.2, 0.25) is 0 Å². The van der Waals surface area contributed by atoms with E-state index < -0.39 is 0 Å². The summed E-state index contributed by atoms with van der Waals surface area (Å²) in [5, 5.41) is 7.60. The standard InChI is InChI=1S/C23H18FN3O2/c1-29-21-9-5-4-8-20(21)27-22-18-7-3-2-6-17(18)19(14-25-22)23(28)26-16-12-10-15(24)11-13-16/h2-14H,1H3,(H,25,27)(H,26,28). The summed E-state index contributed by atoms with van der Waals surface area (Å²) in [4.78, 5) is 17.3. The first-order chi connectivity index (χ1) is 14.2. The summed E-state index contributed by atoms with van der Waals surface area (Å²) in [7, 11) is 1.61. The highest BCUT2D eigenvalue weighted by Crippen LogP contribution is 2.31. The number of anilines is 3. The number of pyridine rings is 1. The van der Waals surface area contributed by atoms with Crippen molar-refractivity contribution >= 4 is 33.9 Å². The second-order valence-corrected chi connectivity index (χ2v) is 6.35. The summed E-state index contributed by atoms with van der Waals surface area (Å²) in [6, 6.07) is 20.7. The number of halogens is 1. The smallest absolute Gasteiger partial charge is 0.257 e. The average Bonchev–Trinajstić information content (AvgIpc) is 2.76. The summed E-state index contributed by atoms with van der Waals surface area (Å²) in [5.74, 6) is 0.631. The Kier molecular flexibility index (Phi) is 5.07. The van der Waals surface area contributed by atoms with Crippen molar-refractivity contribution in [1.82, 2.24) is 4.98 Å². The zero-order valence-corrected chi connectivity index (χ0v) is 15.6. The number of ether oxygens (including phenoxy) is 1. The molecule has 1 amide bonds. The molecule has 0 fully saturated rings. The van der Waals surface area contributed by atoms with Crippen LogP contribution in [0.4, 0.5) is 21.6 Å². The van der Waals surface area contributed by atoms with E-state index >= 15 is 0 Å². The van der Waals surface area contributed by atoms with Gasteiger partial charge in [0.1, 0.15) is 17.4 Å². The number of aromatic nitrogens is 1. The zero-order valence-electron chi connectivity index (χ0n) is 15.6. The van der Waals surface area contributed by atoms with Crippen molar-refractivity contribution in [1.29, 1.82) is 0 Å². The lowest BCUT2D eigenvalue weighted by molar-refractivity contribution is 0.102. The van der Waals surface area contributed by atoms with Gasteiger partial charge in [-0.1, -0.05) is 36.4 Å². The fraction of sp³-hybridized carbons (Fsp3) is 0.0435. The number of para-hydroxylation sites is 2. The molecule has 2 N–H and O–H groups in total. The van der Waals surface area contributed by atoms with E-state index in [9.17, 15) is 9.18 Å². The molecule has 0 spiro atoms. The van der Waals surface area contributed by atoms with Crippen LogP contribution in [0, 0.1) is 5.82 Å². The number of amides is 1. The summed E-state index contributed by atoms with van der Waals surface area (Å²) in [6.45, 7) is 0. The number of fused-ring (bicyclic) bond motifs is 1. The van der Waals surface area contributed by atoms with Gasteiger partial charge >= 0.3 is 0 Å². The minimum Gasteiger partial charge on any atom is -0.495 e. The predicted octanol–water partition coefficient (Wildman–Crippen LogP) is 5.38. The van der Waals surface area contributed by atoms with Crippen molar-refractivity contribution in [2.45, 2.75) is 0 Å². The van der Waals surface area contributed by atoms with Gasteiger partial charge in [0.05, 0.1) is 18.4 Å². The third kappa shape index (κ3) is 3.87. The van der Waals surface area contributed by atoms with E-state index in [-0.39, 0.29) is 11.7 Å². The molecular weight excluding hydrogens is 369 g/mol. The predicted molar refractivity (Wildman–Crippen MR) is 112 cm³/mol. The molecule has 0 atom stereocenters. The maximum Gasteiger partial charge on any atom is 0.257 e. The van der Waals surface area contributed by atoms with Crippen molar-refractivity contribution in [3.8, 4) is 5.75 Å². The first-order valence-electron chi connectivity index (χ1n) is 9.00. The molecule has 0 radical (unpaired) electrons. The molecule has 0 aliphatic carbocycles. The number of rotatable bonds is 5. The topological polar surface area (TPSA) is 63.2 Å². The van der Waals surface area contributed by atoms with Gasteiger partial charge in [0, 0.05) is 17.3 Å². The van der Waals surface area contributed by atoms with E-state index in [4.69, 9.17) is 4.74 Å². The van der Waals surface area contributed by atoms with Crippen LogP contribution < -0.4 is 15.4 Å². The number of nitrogens with zero attached hydrogens (tertiary/aromatic N) is 1. The Labute approximate surface area is 167 Å². The van der Waals surface area contributed by atoms with Gasteiger partial charge in [-0.05, 0) is 41.8 Å². The SMILES string of the molecule is COc1ccccc1Nc1ncc(C(=O)Nc2ccc(F)cc2)c2ccccc12. The molecule has 0 saturated heterocycles. The molecule has 29 heavy (non-hydrogen) atoms. The lowest BCUT2D eigenvalue weighted by Gasteiger charge is -2.14. The monoisotopic (exact) mass is 387 g/mol. The van der Waals surface area contributed by atoms with Crippen molar-refractivity contribution in [2.24, 2.45) is 0 Å². The third-order valence-corrected chi connectivity index (χ3v) is 4.50. The van der Waals surface area contributed by atoms with Crippen LogP contribution in [0.3, 0.4) is 0 Å². The lowest BCUT2D eigenvalue weighted by atomic mass is 10.1. The Morgan fingerprint density at radius 1 is 0.931 bits per heavy atom. The molecule has 3 aromatic carbocycles. The number of carbonyl (C=O) groups is 1. The molecule has 4 rings (SSSR count). The second kappa shape index (κ2) is 7.98. The number of methoxy groups -OCH3 is 1. The van der Waals surface area contributed by atoms with Crippen LogP contribution in [0.1, 0.15) is 10.4 Å². The van der Waals surface area contributed by atoms with Gasteiger partial charge < -0.3 is 15.4 Å². The van der Waals surface area contributed by atoms with E-state index in [1.807, 2.05) is 48.5 Å². The van der Waals surface area contributed by atoms with Crippen molar-refractivity contribution in [2.75, 3.05) is 17.7 Å². The van der Waals surface area contributed by atoms with Crippen molar-refractivity contribution in [3.05, 3.63) is 90.4 Å². The number of hydrogen-bond donors (Lipinski definition) is 2. The molecular formula is C23H18FN3O2.